The summed E-state index contributed by atoms with van der Waals surface area (Å²) in [4.78, 5) is 0. The molecule has 3 nitrogen and oxygen atoms in total. The van der Waals surface area contributed by atoms with E-state index in [0.717, 1.165) is 37.8 Å². The zero-order chi connectivity index (χ0) is 16.6. The summed E-state index contributed by atoms with van der Waals surface area (Å²) in [5, 5.41) is 0. The molecule has 0 spiro atoms. The molecule has 0 saturated heterocycles. The molecule has 0 amide bonds. The van der Waals surface area contributed by atoms with E-state index in [2.05, 4.69) is 0 Å². The van der Waals surface area contributed by atoms with Crippen molar-refractivity contribution in [2.75, 3.05) is 20.8 Å². The molecule has 6 heteroatoms. The lowest BCUT2D eigenvalue weighted by atomic mass is 9.97. The highest BCUT2D eigenvalue weighted by atomic mass is 19.4. The number of rotatable bonds is 9. The van der Waals surface area contributed by atoms with Crippen LogP contribution in [0.25, 0.3) is 0 Å². The van der Waals surface area contributed by atoms with Gasteiger partial charge in [-0.1, -0.05) is 25.0 Å². The zero-order valence-electron chi connectivity index (χ0n) is 13.1. The third-order valence-electron chi connectivity index (χ3n) is 3.77. The first kappa shape index (κ1) is 18.9. The summed E-state index contributed by atoms with van der Waals surface area (Å²) >= 11 is 0. The van der Waals surface area contributed by atoms with Crippen LogP contribution >= 0.6 is 0 Å². The van der Waals surface area contributed by atoms with Crippen LogP contribution in [0.2, 0.25) is 0 Å². The van der Waals surface area contributed by atoms with Crippen molar-refractivity contribution in [1.29, 1.82) is 0 Å². The normalized spacial score (nSPS) is 12.6. The Morgan fingerprint density at radius 1 is 0.864 bits per heavy atom. The van der Waals surface area contributed by atoms with Gasteiger partial charge >= 0.3 is 6.18 Å². The second-order valence-electron chi connectivity index (χ2n) is 5.19. The van der Waals surface area contributed by atoms with Gasteiger partial charge < -0.3 is 15.2 Å². The van der Waals surface area contributed by atoms with Crippen molar-refractivity contribution >= 4 is 0 Å². The summed E-state index contributed by atoms with van der Waals surface area (Å²) in [6.07, 6.45) is 0.0504. The van der Waals surface area contributed by atoms with Gasteiger partial charge in [0.05, 0.1) is 5.56 Å². The molecule has 0 aliphatic carbocycles. The smallest absolute Gasteiger partial charge is 0.349 e. The van der Waals surface area contributed by atoms with E-state index >= 15 is 0 Å². The van der Waals surface area contributed by atoms with Crippen LogP contribution in [0.4, 0.5) is 13.2 Å². The maximum Gasteiger partial charge on any atom is 0.416 e. The number of benzene rings is 1. The number of ether oxygens (including phenoxy) is 2. The Hall–Kier alpha value is -1.11. The Kier molecular flexibility index (Phi) is 7.32. The number of unbranched alkanes of at least 4 members (excludes halogenated alkanes) is 3. The fourth-order valence-electron chi connectivity index (χ4n) is 2.44. The van der Waals surface area contributed by atoms with Crippen LogP contribution in [0.1, 0.15) is 43.2 Å². The minimum atomic E-state index is -4.34. The van der Waals surface area contributed by atoms with Crippen molar-refractivity contribution in [2.45, 2.75) is 44.1 Å². The van der Waals surface area contributed by atoms with Gasteiger partial charge in [0.1, 0.15) is 0 Å². The second-order valence-corrected chi connectivity index (χ2v) is 5.19. The van der Waals surface area contributed by atoms with Crippen molar-refractivity contribution < 1.29 is 22.6 Å². The van der Waals surface area contributed by atoms with Gasteiger partial charge in [0.15, 0.2) is 5.79 Å². The van der Waals surface area contributed by atoms with Crippen LogP contribution in [-0.4, -0.2) is 20.8 Å². The number of methoxy groups -OCH3 is 2. The van der Waals surface area contributed by atoms with Crippen LogP contribution in [0, 0.1) is 0 Å². The van der Waals surface area contributed by atoms with E-state index in [4.69, 9.17) is 15.2 Å². The summed E-state index contributed by atoms with van der Waals surface area (Å²) in [7, 11) is 3.00. The highest BCUT2D eigenvalue weighted by molar-refractivity contribution is 5.27. The molecule has 0 saturated carbocycles. The maximum absolute atomic E-state index is 12.6. The average molecular weight is 319 g/mol. The minimum Gasteiger partial charge on any atom is -0.349 e. The van der Waals surface area contributed by atoms with E-state index in [1.54, 1.807) is 0 Å². The van der Waals surface area contributed by atoms with Crippen molar-refractivity contribution in [2.24, 2.45) is 5.73 Å². The summed E-state index contributed by atoms with van der Waals surface area (Å²) in [5.74, 6) is -1.01. The molecule has 0 unspecified atom stereocenters. The average Bonchev–Trinajstić information content (AvgIpc) is 2.51. The fourth-order valence-corrected chi connectivity index (χ4v) is 2.44. The van der Waals surface area contributed by atoms with E-state index < -0.39 is 17.5 Å². The first-order valence-electron chi connectivity index (χ1n) is 7.37. The quantitative estimate of drug-likeness (QED) is 0.551. The minimum absolute atomic E-state index is 0.579. The first-order chi connectivity index (χ1) is 10.4. The molecule has 0 fully saturated rings. The lowest BCUT2D eigenvalue weighted by Crippen LogP contribution is -2.31. The molecule has 0 bridgehead atoms. The third kappa shape index (κ3) is 4.97. The molecule has 126 valence electrons. The van der Waals surface area contributed by atoms with Crippen molar-refractivity contribution in [3.05, 3.63) is 35.4 Å². The Morgan fingerprint density at radius 3 is 1.82 bits per heavy atom. The van der Waals surface area contributed by atoms with E-state index in [9.17, 15) is 13.2 Å². The predicted molar refractivity (Wildman–Crippen MR) is 79.3 cm³/mol. The molecule has 22 heavy (non-hydrogen) atoms. The molecule has 0 radical (unpaired) electrons. The van der Waals surface area contributed by atoms with Crippen LogP contribution in [0.15, 0.2) is 24.3 Å². The SMILES string of the molecule is COC(CCCCCCN)(OC)c1ccc(C(F)(F)F)cc1. The van der Waals surface area contributed by atoms with E-state index in [1.165, 1.54) is 26.4 Å². The molecular formula is C16H24F3NO2. The molecular weight excluding hydrogens is 295 g/mol. The Morgan fingerprint density at radius 2 is 1.36 bits per heavy atom. The molecule has 0 aliphatic rings. The fraction of sp³-hybridized carbons (Fsp3) is 0.625. The van der Waals surface area contributed by atoms with E-state index in [-0.39, 0.29) is 0 Å². The van der Waals surface area contributed by atoms with Crippen LogP contribution in [0.3, 0.4) is 0 Å². The molecule has 0 heterocycles. The topological polar surface area (TPSA) is 44.5 Å². The van der Waals surface area contributed by atoms with Gasteiger partial charge in [-0.2, -0.15) is 13.2 Å². The number of hydrogen-bond acceptors (Lipinski definition) is 3. The number of nitrogens with two attached hydrogens (primary N) is 1. The lowest BCUT2D eigenvalue weighted by Gasteiger charge is -2.31. The molecule has 0 atom stereocenters. The molecule has 1 aromatic carbocycles. The van der Waals surface area contributed by atoms with Gasteiger partial charge in [-0.25, -0.2) is 0 Å². The lowest BCUT2D eigenvalue weighted by molar-refractivity contribution is -0.221. The third-order valence-corrected chi connectivity index (χ3v) is 3.77. The summed E-state index contributed by atoms with van der Waals surface area (Å²) in [6.45, 7) is 0.665. The van der Waals surface area contributed by atoms with Gasteiger partial charge in [-0.15, -0.1) is 0 Å². The Bertz CT molecular complexity index is 428. The summed E-state index contributed by atoms with van der Waals surface area (Å²) in [5.41, 5.74) is 5.35. The van der Waals surface area contributed by atoms with Crippen LogP contribution in [-0.2, 0) is 21.4 Å². The number of hydrogen-bond donors (Lipinski definition) is 1. The molecule has 2 N–H and O–H groups in total. The van der Waals surface area contributed by atoms with Crippen molar-refractivity contribution in [3.8, 4) is 0 Å². The van der Waals surface area contributed by atoms with Gasteiger partial charge in [-0.3, -0.25) is 0 Å². The molecule has 1 rings (SSSR count). The van der Waals surface area contributed by atoms with Gasteiger partial charge in [0.2, 0.25) is 0 Å². The van der Waals surface area contributed by atoms with E-state index in [0.29, 0.717) is 18.5 Å². The van der Waals surface area contributed by atoms with Crippen LogP contribution in [0.5, 0.6) is 0 Å². The number of halogens is 3. The standard InChI is InChI=1S/C16H24F3NO2/c1-21-15(22-2,11-5-3-4-6-12-20)13-7-9-14(10-8-13)16(17,18)19/h7-10H,3-6,11-12,20H2,1-2H3. The molecule has 0 aromatic heterocycles. The van der Waals surface area contributed by atoms with Crippen molar-refractivity contribution in [1.82, 2.24) is 0 Å². The largest absolute Gasteiger partial charge is 0.416 e. The highest BCUT2D eigenvalue weighted by Gasteiger charge is 2.34. The maximum atomic E-state index is 12.6. The monoisotopic (exact) mass is 319 g/mol. The van der Waals surface area contributed by atoms with E-state index in [1.807, 2.05) is 0 Å². The Balaban J connectivity index is 2.80. The zero-order valence-corrected chi connectivity index (χ0v) is 13.1. The summed E-state index contributed by atoms with van der Waals surface area (Å²) in [6, 6.07) is 4.93. The molecule has 1 aromatic rings. The van der Waals surface area contributed by atoms with Gasteiger partial charge in [-0.05, 0) is 31.5 Å². The van der Waals surface area contributed by atoms with Crippen molar-refractivity contribution in [3.63, 3.8) is 0 Å². The first-order valence-corrected chi connectivity index (χ1v) is 7.37. The summed E-state index contributed by atoms with van der Waals surface area (Å²) < 4.78 is 48.8. The Labute approximate surface area is 129 Å². The molecule has 0 aliphatic heterocycles. The second kappa shape index (κ2) is 8.50. The van der Waals surface area contributed by atoms with Crippen LogP contribution < -0.4 is 5.73 Å². The van der Waals surface area contributed by atoms with Gasteiger partial charge in [0.25, 0.3) is 0 Å². The predicted octanol–water partition coefficient (Wildman–Crippen LogP) is 4.06. The number of alkyl halides is 3. The van der Waals surface area contributed by atoms with Gasteiger partial charge in [0, 0.05) is 26.2 Å². The highest BCUT2D eigenvalue weighted by Crippen LogP contribution is 2.35.